The summed E-state index contributed by atoms with van der Waals surface area (Å²) >= 11 is 1.69. The second kappa shape index (κ2) is 7.33. The molecule has 3 nitrogen and oxygen atoms in total. The van der Waals surface area contributed by atoms with Crippen molar-refractivity contribution in [1.29, 1.82) is 0 Å². The molecule has 0 aliphatic heterocycles. The summed E-state index contributed by atoms with van der Waals surface area (Å²) in [5.74, 6) is -0.393. The van der Waals surface area contributed by atoms with Crippen molar-refractivity contribution in [3.05, 3.63) is 57.5 Å². The molecule has 0 saturated carbocycles. The van der Waals surface area contributed by atoms with Crippen LogP contribution in [0.25, 0.3) is 0 Å². The fourth-order valence-corrected chi connectivity index (χ4v) is 2.99. The number of halogens is 1. The van der Waals surface area contributed by atoms with E-state index in [9.17, 15) is 9.18 Å². The number of nitrogens with one attached hydrogen (secondary N) is 1. The smallest absolute Gasteiger partial charge is 0.234 e. The maximum atomic E-state index is 13.4. The number of amides is 1. The van der Waals surface area contributed by atoms with Gasteiger partial charge >= 0.3 is 0 Å². The zero-order chi connectivity index (χ0) is 15.2. The van der Waals surface area contributed by atoms with Crippen LogP contribution in [-0.4, -0.2) is 24.4 Å². The molecule has 2 rings (SSSR count). The highest BCUT2D eigenvalue weighted by molar-refractivity contribution is 7.10. The Labute approximate surface area is 128 Å². The topological polar surface area (TPSA) is 32.3 Å². The van der Waals surface area contributed by atoms with Crippen LogP contribution < -0.4 is 5.32 Å². The summed E-state index contributed by atoms with van der Waals surface area (Å²) in [5, 5.41) is 4.80. The maximum absolute atomic E-state index is 13.4. The number of carbonyl (C=O) groups excluding carboxylic acids is 1. The first-order valence-electron chi connectivity index (χ1n) is 6.78. The summed E-state index contributed by atoms with van der Waals surface area (Å²) in [6.07, 6.45) is 0. The molecule has 112 valence electrons. The van der Waals surface area contributed by atoms with Gasteiger partial charge < -0.3 is 5.32 Å². The number of hydrogen-bond donors (Lipinski definition) is 1. The number of nitrogens with zero attached hydrogens (tertiary/aromatic N) is 1. The summed E-state index contributed by atoms with van der Waals surface area (Å²) in [6.45, 7) is 3.33. The second-order valence-corrected chi connectivity index (χ2v) is 6.07. The Morgan fingerprint density at radius 3 is 2.76 bits per heavy atom. The van der Waals surface area contributed by atoms with E-state index >= 15 is 0 Å². The van der Waals surface area contributed by atoms with E-state index in [2.05, 4.69) is 23.7 Å². The lowest BCUT2D eigenvalue weighted by molar-refractivity contribution is -0.122. The van der Waals surface area contributed by atoms with E-state index in [0.717, 1.165) is 6.54 Å². The van der Waals surface area contributed by atoms with Gasteiger partial charge in [0.15, 0.2) is 0 Å². The van der Waals surface area contributed by atoms with E-state index in [1.165, 1.54) is 16.5 Å². The lowest BCUT2D eigenvalue weighted by Gasteiger charge is -2.16. The van der Waals surface area contributed by atoms with Crippen molar-refractivity contribution in [3.8, 4) is 0 Å². The zero-order valence-corrected chi connectivity index (χ0v) is 13.0. The molecular weight excluding hydrogens is 287 g/mol. The SMILES string of the molecule is Cc1ccsc1CN(C)CC(=O)NCc1ccccc1F. The Morgan fingerprint density at radius 1 is 1.33 bits per heavy atom. The predicted molar refractivity (Wildman–Crippen MR) is 83.6 cm³/mol. The molecule has 0 unspecified atom stereocenters. The lowest BCUT2D eigenvalue weighted by atomic mass is 10.2. The number of hydrogen-bond acceptors (Lipinski definition) is 3. The van der Waals surface area contributed by atoms with Crippen LogP contribution >= 0.6 is 11.3 Å². The van der Waals surface area contributed by atoms with Crippen LogP contribution in [0, 0.1) is 12.7 Å². The van der Waals surface area contributed by atoms with Gasteiger partial charge in [-0.15, -0.1) is 11.3 Å². The summed E-state index contributed by atoms with van der Waals surface area (Å²) < 4.78 is 13.4. The average Bonchev–Trinajstić information content (AvgIpc) is 2.83. The number of aryl methyl sites for hydroxylation is 1. The lowest BCUT2D eigenvalue weighted by Crippen LogP contribution is -2.34. The van der Waals surface area contributed by atoms with Gasteiger partial charge in [-0.25, -0.2) is 4.39 Å². The number of likely N-dealkylation sites (N-methyl/N-ethyl adjacent to an activating group) is 1. The Hall–Kier alpha value is -1.72. The van der Waals surface area contributed by atoms with E-state index in [0.29, 0.717) is 12.1 Å². The van der Waals surface area contributed by atoms with Gasteiger partial charge in [0.1, 0.15) is 5.82 Å². The third-order valence-electron chi connectivity index (χ3n) is 3.23. The van der Waals surface area contributed by atoms with E-state index in [1.807, 2.05) is 11.9 Å². The molecule has 0 atom stereocenters. The third kappa shape index (κ3) is 4.65. The molecule has 0 aliphatic carbocycles. The first-order chi connectivity index (χ1) is 10.1. The summed E-state index contributed by atoms with van der Waals surface area (Å²) in [4.78, 5) is 15.1. The fourth-order valence-electron chi connectivity index (χ4n) is 2.00. The Morgan fingerprint density at radius 2 is 2.10 bits per heavy atom. The van der Waals surface area contributed by atoms with Gasteiger partial charge in [0.05, 0.1) is 6.54 Å². The molecule has 0 bridgehead atoms. The average molecular weight is 306 g/mol. The first-order valence-corrected chi connectivity index (χ1v) is 7.66. The molecule has 21 heavy (non-hydrogen) atoms. The zero-order valence-electron chi connectivity index (χ0n) is 12.2. The highest BCUT2D eigenvalue weighted by atomic mass is 32.1. The Kier molecular flexibility index (Phi) is 5.47. The Bertz CT molecular complexity index is 612. The van der Waals surface area contributed by atoms with Crippen molar-refractivity contribution < 1.29 is 9.18 Å². The normalized spacial score (nSPS) is 10.9. The van der Waals surface area contributed by atoms with Gasteiger partial charge in [-0.3, -0.25) is 9.69 Å². The fraction of sp³-hybridized carbons (Fsp3) is 0.312. The van der Waals surface area contributed by atoms with Crippen LogP contribution in [0.1, 0.15) is 16.0 Å². The van der Waals surface area contributed by atoms with Crippen molar-refractivity contribution in [2.75, 3.05) is 13.6 Å². The van der Waals surface area contributed by atoms with Crippen molar-refractivity contribution in [3.63, 3.8) is 0 Å². The van der Waals surface area contributed by atoms with Crippen LogP contribution in [-0.2, 0) is 17.9 Å². The molecule has 0 aliphatic rings. The molecule has 1 N–H and O–H groups in total. The highest BCUT2D eigenvalue weighted by Gasteiger charge is 2.10. The maximum Gasteiger partial charge on any atom is 0.234 e. The molecule has 0 spiro atoms. The number of carbonyl (C=O) groups is 1. The minimum atomic E-state index is -0.291. The molecule has 1 aromatic carbocycles. The second-order valence-electron chi connectivity index (χ2n) is 5.07. The largest absolute Gasteiger partial charge is 0.351 e. The quantitative estimate of drug-likeness (QED) is 0.890. The number of thiophene rings is 1. The van der Waals surface area contributed by atoms with Gasteiger partial charge in [0, 0.05) is 23.5 Å². The van der Waals surface area contributed by atoms with Crippen molar-refractivity contribution in [1.82, 2.24) is 10.2 Å². The van der Waals surface area contributed by atoms with E-state index in [-0.39, 0.29) is 18.3 Å². The summed E-state index contributed by atoms with van der Waals surface area (Å²) in [7, 11) is 1.90. The minimum Gasteiger partial charge on any atom is -0.351 e. The summed E-state index contributed by atoms with van der Waals surface area (Å²) in [5.41, 5.74) is 1.75. The van der Waals surface area contributed by atoms with Gasteiger partial charge in [-0.2, -0.15) is 0 Å². The molecule has 0 fully saturated rings. The van der Waals surface area contributed by atoms with Crippen LogP contribution in [0.5, 0.6) is 0 Å². The van der Waals surface area contributed by atoms with E-state index in [1.54, 1.807) is 29.5 Å². The van der Waals surface area contributed by atoms with Crippen molar-refractivity contribution >= 4 is 17.2 Å². The molecular formula is C16H19FN2OS. The summed E-state index contributed by atoms with van der Waals surface area (Å²) in [6, 6.07) is 8.54. The standard InChI is InChI=1S/C16H19FN2OS/c1-12-7-8-21-15(12)10-19(2)11-16(20)18-9-13-5-3-4-6-14(13)17/h3-8H,9-11H2,1-2H3,(H,18,20). The molecule has 0 radical (unpaired) electrons. The van der Waals surface area contributed by atoms with Gasteiger partial charge in [-0.1, -0.05) is 18.2 Å². The van der Waals surface area contributed by atoms with Crippen LogP contribution in [0.4, 0.5) is 4.39 Å². The molecule has 5 heteroatoms. The van der Waals surface area contributed by atoms with E-state index < -0.39 is 0 Å². The minimum absolute atomic E-state index is 0.102. The predicted octanol–water partition coefficient (Wildman–Crippen LogP) is 2.94. The van der Waals surface area contributed by atoms with Crippen LogP contribution in [0.2, 0.25) is 0 Å². The van der Waals surface area contributed by atoms with Gasteiger partial charge in [0.25, 0.3) is 0 Å². The molecule has 2 aromatic rings. The first kappa shape index (κ1) is 15.7. The Balaban J connectivity index is 1.79. The molecule has 1 amide bonds. The van der Waals surface area contributed by atoms with Crippen molar-refractivity contribution in [2.24, 2.45) is 0 Å². The third-order valence-corrected chi connectivity index (χ3v) is 4.24. The monoisotopic (exact) mass is 306 g/mol. The van der Waals surface area contributed by atoms with Crippen LogP contribution in [0.3, 0.4) is 0 Å². The van der Waals surface area contributed by atoms with Crippen LogP contribution in [0.15, 0.2) is 35.7 Å². The van der Waals surface area contributed by atoms with Gasteiger partial charge in [0.2, 0.25) is 5.91 Å². The number of rotatable bonds is 6. The van der Waals surface area contributed by atoms with Gasteiger partial charge in [-0.05, 0) is 37.0 Å². The molecule has 1 aromatic heterocycles. The highest BCUT2D eigenvalue weighted by Crippen LogP contribution is 2.16. The van der Waals surface area contributed by atoms with Crippen molar-refractivity contribution in [2.45, 2.75) is 20.0 Å². The molecule has 1 heterocycles. The molecule has 0 saturated heterocycles. The van der Waals surface area contributed by atoms with E-state index in [4.69, 9.17) is 0 Å². The number of benzene rings is 1.